The summed E-state index contributed by atoms with van der Waals surface area (Å²) in [6, 6.07) is 36.7. The van der Waals surface area contributed by atoms with Crippen LogP contribution in [-0.2, 0) is 17.8 Å². The smallest absolute Gasteiger partial charge is 0.410 e. The van der Waals surface area contributed by atoms with Crippen LogP contribution < -0.4 is 10.9 Å². The van der Waals surface area contributed by atoms with Crippen LogP contribution in [0.3, 0.4) is 0 Å². The van der Waals surface area contributed by atoms with Gasteiger partial charge >= 0.3 is 6.09 Å². The summed E-state index contributed by atoms with van der Waals surface area (Å²) >= 11 is 0. The zero-order chi connectivity index (χ0) is 29.6. The van der Waals surface area contributed by atoms with E-state index in [0.29, 0.717) is 30.8 Å². The summed E-state index contributed by atoms with van der Waals surface area (Å²) in [6.07, 6.45) is 1.93. The van der Waals surface area contributed by atoms with Gasteiger partial charge in [0.2, 0.25) is 0 Å². The highest BCUT2D eigenvalue weighted by Crippen LogP contribution is 2.35. The molecule has 6 rings (SSSR count). The number of carbonyl (C=O) groups is 2. The Balaban J connectivity index is 1.30. The number of aromatic nitrogens is 1. The fourth-order valence-electron chi connectivity index (χ4n) is 5.77. The lowest BCUT2D eigenvalue weighted by molar-refractivity contribution is 0.0823. The van der Waals surface area contributed by atoms with Gasteiger partial charge in [-0.3, -0.25) is 4.79 Å². The monoisotopic (exact) mass is 570 g/mol. The molecule has 216 valence electrons. The molecule has 4 aromatic carbocycles. The van der Waals surface area contributed by atoms with Crippen molar-refractivity contribution in [2.75, 3.05) is 18.1 Å². The number of rotatable bonds is 7. The van der Waals surface area contributed by atoms with Gasteiger partial charge in [0.05, 0.1) is 22.5 Å². The zero-order valence-electron chi connectivity index (χ0n) is 23.9. The molecule has 0 saturated carbocycles. The number of hydrogen-bond donors (Lipinski definition) is 1. The van der Waals surface area contributed by atoms with Crippen molar-refractivity contribution in [1.82, 2.24) is 9.88 Å². The molecule has 1 saturated heterocycles. The molecule has 7 heteroatoms. The number of anilines is 1. The second kappa shape index (κ2) is 12.9. The number of fused-ring (bicyclic) bond motifs is 1. The highest BCUT2D eigenvalue weighted by Gasteiger charge is 2.29. The van der Waals surface area contributed by atoms with Gasteiger partial charge in [-0.15, -0.1) is 0 Å². The summed E-state index contributed by atoms with van der Waals surface area (Å²) in [5, 5.41) is 2.00. The van der Waals surface area contributed by atoms with Crippen LogP contribution in [0.15, 0.2) is 115 Å². The highest BCUT2D eigenvalue weighted by atomic mass is 16.6. The van der Waals surface area contributed by atoms with Crippen LogP contribution in [0.25, 0.3) is 22.2 Å². The first kappa shape index (κ1) is 28.1. The van der Waals surface area contributed by atoms with Gasteiger partial charge in [-0.25, -0.2) is 20.6 Å². The summed E-state index contributed by atoms with van der Waals surface area (Å²) in [5.74, 6) is 6.45. The number of amides is 2. The molecule has 0 atom stereocenters. The van der Waals surface area contributed by atoms with Crippen LogP contribution in [-0.4, -0.2) is 35.0 Å². The number of hydrogen-bond acceptors (Lipinski definition) is 5. The Morgan fingerprint density at radius 2 is 1.42 bits per heavy atom. The van der Waals surface area contributed by atoms with Crippen molar-refractivity contribution in [3.05, 3.63) is 132 Å². The Hall–Kier alpha value is -5.01. The molecule has 2 N–H and O–H groups in total. The fraction of sp³-hybridized carbons (Fsp3) is 0.194. The van der Waals surface area contributed by atoms with Crippen molar-refractivity contribution in [3.63, 3.8) is 0 Å². The molecule has 43 heavy (non-hydrogen) atoms. The van der Waals surface area contributed by atoms with Crippen molar-refractivity contribution < 1.29 is 14.3 Å². The second-order valence-electron chi connectivity index (χ2n) is 10.9. The molecular weight excluding hydrogens is 536 g/mol. The Bertz CT molecular complexity index is 1700. The van der Waals surface area contributed by atoms with Crippen LogP contribution >= 0.6 is 0 Å². The largest absolute Gasteiger partial charge is 0.445 e. The molecule has 1 aromatic heterocycles. The van der Waals surface area contributed by atoms with Crippen molar-refractivity contribution in [3.8, 4) is 11.3 Å². The lowest BCUT2D eigenvalue weighted by atomic mass is 9.85. The minimum absolute atomic E-state index is 0.248. The summed E-state index contributed by atoms with van der Waals surface area (Å²) in [6.45, 7) is 1.44. The van der Waals surface area contributed by atoms with Gasteiger partial charge < -0.3 is 9.64 Å². The Morgan fingerprint density at radius 3 is 2.12 bits per heavy atom. The lowest BCUT2D eigenvalue weighted by Gasteiger charge is -2.32. The van der Waals surface area contributed by atoms with Gasteiger partial charge in [-0.05, 0) is 54.5 Å². The van der Waals surface area contributed by atoms with Gasteiger partial charge in [-0.2, -0.15) is 0 Å². The average molecular weight is 571 g/mol. The van der Waals surface area contributed by atoms with E-state index < -0.39 is 0 Å². The maximum atomic E-state index is 14.2. The molecule has 0 bridgehead atoms. The first-order valence-electron chi connectivity index (χ1n) is 14.7. The average Bonchev–Trinajstić information content (AvgIpc) is 3.08. The quantitative estimate of drug-likeness (QED) is 0.129. The number of carbonyl (C=O) groups excluding carboxylic acids is 2. The van der Waals surface area contributed by atoms with Gasteiger partial charge in [0, 0.05) is 24.0 Å². The second-order valence-corrected chi connectivity index (χ2v) is 10.9. The molecule has 2 amide bonds. The number of nitrogens with zero attached hydrogens (tertiary/aromatic N) is 3. The van der Waals surface area contributed by atoms with E-state index in [4.69, 9.17) is 15.6 Å². The normalized spacial score (nSPS) is 13.6. The molecular formula is C36H34N4O3. The van der Waals surface area contributed by atoms with E-state index in [1.165, 1.54) is 5.01 Å². The third kappa shape index (κ3) is 6.27. The maximum Gasteiger partial charge on any atom is 0.410 e. The lowest BCUT2D eigenvalue weighted by Crippen LogP contribution is -2.40. The Labute approximate surface area is 251 Å². The van der Waals surface area contributed by atoms with Gasteiger partial charge in [-0.1, -0.05) is 97.1 Å². The van der Waals surface area contributed by atoms with E-state index in [0.717, 1.165) is 46.1 Å². The molecule has 1 aliphatic rings. The maximum absolute atomic E-state index is 14.2. The third-order valence-corrected chi connectivity index (χ3v) is 8.08. The molecule has 0 spiro atoms. The Kier molecular flexibility index (Phi) is 8.42. The number of para-hydroxylation sites is 2. The van der Waals surface area contributed by atoms with E-state index in [9.17, 15) is 9.59 Å². The number of pyridine rings is 1. The van der Waals surface area contributed by atoms with E-state index in [1.54, 1.807) is 4.90 Å². The van der Waals surface area contributed by atoms with Crippen molar-refractivity contribution in [1.29, 1.82) is 0 Å². The number of hydrazine groups is 1. The predicted molar refractivity (Wildman–Crippen MR) is 169 cm³/mol. The number of ether oxygens (including phenoxy) is 1. The summed E-state index contributed by atoms with van der Waals surface area (Å²) in [7, 11) is 0. The first-order valence-corrected chi connectivity index (χ1v) is 14.7. The third-order valence-electron chi connectivity index (χ3n) is 8.08. The van der Waals surface area contributed by atoms with Gasteiger partial charge in [0.15, 0.2) is 0 Å². The van der Waals surface area contributed by atoms with E-state index >= 15 is 0 Å². The summed E-state index contributed by atoms with van der Waals surface area (Å²) in [4.78, 5) is 33.9. The molecule has 2 heterocycles. The standard InChI is InChI=1S/C36H34N4O3/c37-40(29-16-8-3-9-17-29)35(41)33-30-18-10-11-19-32(30)38-34(28-14-6-2-7-15-28)31(33)24-26-20-22-39(23-21-26)36(42)43-25-27-12-4-1-5-13-27/h1-19,26H,20-25,37H2. The zero-order valence-corrected chi connectivity index (χ0v) is 23.9. The molecule has 1 fully saturated rings. The number of nitrogens with two attached hydrogens (primary N) is 1. The van der Waals surface area contributed by atoms with Crippen LogP contribution in [0.2, 0.25) is 0 Å². The van der Waals surface area contributed by atoms with E-state index in [1.807, 2.05) is 115 Å². The number of benzene rings is 4. The van der Waals surface area contributed by atoms with Crippen LogP contribution in [0.5, 0.6) is 0 Å². The molecule has 0 aliphatic carbocycles. The SMILES string of the molecule is NN(C(=O)c1c(CC2CCN(C(=O)OCc3ccccc3)CC2)c(-c2ccccc2)nc2ccccc12)c1ccccc1. The first-order chi connectivity index (χ1) is 21.1. The topological polar surface area (TPSA) is 88.8 Å². The van der Waals surface area contributed by atoms with Gasteiger partial charge in [0.25, 0.3) is 5.91 Å². The summed E-state index contributed by atoms with van der Waals surface area (Å²) < 4.78 is 5.58. The van der Waals surface area contributed by atoms with Crippen molar-refractivity contribution in [2.45, 2.75) is 25.9 Å². The predicted octanol–water partition coefficient (Wildman–Crippen LogP) is 7.01. The highest BCUT2D eigenvalue weighted by molar-refractivity contribution is 6.15. The van der Waals surface area contributed by atoms with Crippen LogP contribution in [0, 0.1) is 5.92 Å². The van der Waals surface area contributed by atoms with Crippen LogP contribution in [0.1, 0.15) is 34.3 Å². The van der Waals surface area contributed by atoms with Crippen LogP contribution in [0.4, 0.5) is 10.5 Å². The van der Waals surface area contributed by atoms with E-state index in [2.05, 4.69) is 0 Å². The molecule has 0 unspecified atom stereocenters. The molecule has 7 nitrogen and oxygen atoms in total. The minimum atomic E-state index is -0.294. The van der Waals surface area contributed by atoms with E-state index in [-0.39, 0.29) is 24.5 Å². The minimum Gasteiger partial charge on any atom is -0.445 e. The molecule has 0 radical (unpaired) electrons. The van der Waals surface area contributed by atoms with Crippen molar-refractivity contribution in [2.24, 2.45) is 11.8 Å². The molecule has 1 aliphatic heterocycles. The number of likely N-dealkylation sites (tertiary alicyclic amines) is 1. The Morgan fingerprint density at radius 1 is 0.814 bits per heavy atom. The fourth-order valence-corrected chi connectivity index (χ4v) is 5.77. The molecule has 5 aromatic rings. The summed E-state index contributed by atoms with van der Waals surface area (Å²) in [5.41, 5.74) is 5.50. The van der Waals surface area contributed by atoms with Crippen molar-refractivity contribution >= 4 is 28.6 Å². The number of piperidine rings is 1. The van der Waals surface area contributed by atoms with Gasteiger partial charge in [0.1, 0.15) is 6.61 Å².